The fraction of sp³-hybridized carbons (Fsp3) is 0.524. The summed E-state index contributed by atoms with van der Waals surface area (Å²) in [4.78, 5) is 5.88. The number of hydrogen-bond acceptors (Lipinski definition) is 3. The molecule has 0 amide bonds. The first-order valence-electron chi connectivity index (χ1n) is 9.43. The van der Waals surface area contributed by atoms with Crippen LogP contribution in [0.1, 0.15) is 36.8 Å². The Hall–Kier alpha value is -1.62. The lowest BCUT2D eigenvalue weighted by Gasteiger charge is -2.28. The summed E-state index contributed by atoms with van der Waals surface area (Å²) in [5, 5.41) is 11.9. The van der Waals surface area contributed by atoms with Crippen molar-refractivity contribution in [3.8, 4) is 0 Å². The zero-order chi connectivity index (χ0) is 17.3. The van der Waals surface area contributed by atoms with Gasteiger partial charge < -0.3 is 19.7 Å². The molecule has 4 heteroatoms. The lowest BCUT2D eigenvalue weighted by molar-refractivity contribution is -0.0317. The van der Waals surface area contributed by atoms with E-state index < -0.39 is 5.60 Å². The van der Waals surface area contributed by atoms with E-state index in [9.17, 15) is 5.11 Å². The molecule has 2 aliphatic heterocycles. The number of aliphatic hydroxyl groups is 1. The zero-order valence-corrected chi connectivity index (χ0v) is 15.0. The number of H-pyrrole nitrogens is 1. The van der Waals surface area contributed by atoms with Crippen LogP contribution in [0, 0.1) is 0 Å². The standard InChI is InChI=1S/C21H28N2O2/c1-23-10-2-3-18(23)14-17-15-22-20-5-4-16(13-19(17)20)6-7-21(24)8-11-25-12-9-21/h4-7,13,15,18,22,24H,2-3,8-12,14H2,1H3/t18-/m1/s1. The van der Waals surface area contributed by atoms with Crippen molar-refractivity contribution in [3.05, 3.63) is 41.6 Å². The molecule has 4 nitrogen and oxygen atoms in total. The fourth-order valence-corrected chi connectivity index (χ4v) is 4.10. The molecule has 2 aromatic rings. The van der Waals surface area contributed by atoms with Crippen LogP contribution < -0.4 is 0 Å². The molecule has 0 spiro atoms. The topological polar surface area (TPSA) is 48.5 Å². The minimum atomic E-state index is -0.721. The van der Waals surface area contributed by atoms with Crippen molar-refractivity contribution >= 4 is 17.0 Å². The number of aromatic nitrogens is 1. The van der Waals surface area contributed by atoms with Gasteiger partial charge in [-0.25, -0.2) is 0 Å². The first-order valence-corrected chi connectivity index (χ1v) is 9.43. The van der Waals surface area contributed by atoms with Crippen LogP contribution in [0.25, 0.3) is 17.0 Å². The molecule has 134 valence electrons. The Morgan fingerprint density at radius 3 is 2.96 bits per heavy atom. The first kappa shape index (κ1) is 16.8. The smallest absolute Gasteiger partial charge is 0.0874 e. The molecule has 0 aliphatic carbocycles. The van der Waals surface area contributed by atoms with Crippen LogP contribution in [0.15, 0.2) is 30.5 Å². The summed E-state index contributed by atoms with van der Waals surface area (Å²) in [5.74, 6) is 0. The maximum absolute atomic E-state index is 10.6. The molecule has 0 radical (unpaired) electrons. The van der Waals surface area contributed by atoms with Gasteiger partial charge in [0.1, 0.15) is 0 Å². The van der Waals surface area contributed by atoms with E-state index >= 15 is 0 Å². The number of likely N-dealkylation sites (N-methyl/N-ethyl adjacent to an activating group) is 1. The van der Waals surface area contributed by atoms with Gasteiger partial charge >= 0.3 is 0 Å². The van der Waals surface area contributed by atoms with Crippen LogP contribution in [0.5, 0.6) is 0 Å². The highest BCUT2D eigenvalue weighted by molar-refractivity contribution is 5.85. The molecule has 1 aromatic carbocycles. The predicted molar refractivity (Wildman–Crippen MR) is 102 cm³/mol. The number of hydrogen-bond donors (Lipinski definition) is 2. The van der Waals surface area contributed by atoms with E-state index in [1.807, 2.05) is 6.08 Å². The van der Waals surface area contributed by atoms with Gasteiger partial charge in [0.15, 0.2) is 0 Å². The minimum Gasteiger partial charge on any atom is -0.386 e. The van der Waals surface area contributed by atoms with E-state index in [2.05, 4.69) is 47.4 Å². The van der Waals surface area contributed by atoms with Crippen molar-refractivity contribution in [2.24, 2.45) is 0 Å². The van der Waals surface area contributed by atoms with Gasteiger partial charge in [0.05, 0.1) is 5.60 Å². The number of benzene rings is 1. The van der Waals surface area contributed by atoms with Crippen LogP contribution >= 0.6 is 0 Å². The van der Waals surface area contributed by atoms with Crippen molar-refractivity contribution in [3.63, 3.8) is 0 Å². The van der Waals surface area contributed by atoms with Gasteiger partial charge in [-0.1, -0.05) is 18.2 Å². The number of aromatic amines is 1. The summed E-state index contributed by atoms with van der Waals surface area (Å²) in [7, 11) is 2.23. The Bertz CT molecular complexity index is 758. The van der Waals surface area contributed by atoms with Gasteiger partial charge in [0, 0.05) is 49.2 Å². The highest BCUT2D eigenvalue weighted by atomic mass is 16.5. The van der Waals surface area contributed by atoms with Crippen molar-refractivity contribution in [2.45, 2.75) is 43.7 Å². The summed E-state index contributed by atoms with van der Waals surface area (Å²) < 4.78 is 5.35. The molecule has 0 bridgehead atoms. The summed E-state index contributed by atoms with van der Waals surface area (Å²) in [5.41, 5.74) is 3.01. The van der Waals surface area contributed by atoms with Crippen molar-refractivity contribution < 1.29 is 9.84 Å². The summed E-state index contributed by atoms with van der Waals surface area (Å²) in [6, 6.07) is 7.16. The normalized spacial score (nSPS) is 24.5. The van der Waals surface area contributed by atoms with Gasteiger partial charge in [-0.15, -0.1) is 0 Å². The molecule has 0 unspecified atom stereocenters. The fourth-order valence-electron chi connectivity index (χ4n) is 4.10. The molecule has 2 saturated heterocycles. The lowest BCUT2D eigenvalue weighted by Crippen LogP contribution is -2.33. The number of likely N-dealkylation sites (tertiary alicyclic amines) is 1. The maximum Gasteiger partial charge on any atom is 0.0874 e. The molecule has 2 N–H and O–H groups in total. The van der Waals surface area contributed by atoms with Gasteiger partial charge in [-0.05, 0) is 56.1 Å². The van der Waals surface area contributed by atoms with E-state index in [4.69, 9.17) is 4.74 Å². The molecular formula is C21H28N2O2. The van der Waals surface area contributed by atoms with E-state index in [0.29, 0.717) is 32.1 Å². The average Bonchev–Trinajstić information content (AvgIpc) is 3.21. The van der Waals surface area contributed by atoms with E-state index in [1.54, 1.807) is 0 Å². The van der Waals surface area contributed by atoms with Gasteiger partial charge in [0.25, 0.3) is 0 Å². The molecule has 25 heavy (non-hydrogen) atoms. The van der Waals surface area contributed by atoms with Crippen LogP contribution in [0.2, 0.25) is 0 Å². The number of nitrogens with zero attached hydrogens (tertiary/aromatic N) is 1. The summed E-state index contributed by atoms with van der Waals surface area (Å²) in [6.07, 6.45) is 11.2. The molecule has 1 atom stereocenters. The molecule has 3 heterocycles. The van der Waals surface area contributed by atoms with Gasteiger partial charge in [-0.2, -0.15) is 0 Å². The van der Waals surface area contributed by atoms with Gasteiger partial charge in [0.2, 0.25) is 0 Å². The van der Waals surface area contributed by atoms with Crippen molar-refractivity contribution in [2.75, 3.05) is 26.8 Å². The molecule has 2 fully saturated rings. The number of rotatable bonds is 4. The third-order valence-electron chi connectivity index (χ3n) is 5.86. The van der Waals surface area contributed by atoms with Gasteiger partial charge in [-0.3, -0.25) is 0 Å². The second-order valence-electron chi connectivity index (χ2n) is 7.65. The quantitative estimate of drug-likeness (QED) is 0.897. The third-order valence-corrected chi connectivity index (χ3v) is 5.86. The molecule has 0 saturated carbocycles. The monoisotopic (exact) mass is 340 g/mol. The zero-order valence-electron chi connectivity index (χ0n) is 15.0. The Kier molecular flexibility index (Phi) is 4.67. The molecule has 1 aromatic heterocycles. The molecular weight excluding hydrogens is 312 g/mol. The second kappa shape index (κ2) is 6.94. The predicted octanol–water partition coefficient (Wildman–Crippen LogP) is 3.36. The highest BCUT2D eigenvalue weighted by Crippen LogP contribution is 2.27. The number of ether oxygens (including phenoxy) is 1. The summed E-state index contributed by atoms with van der Waals surface area (Å²) in [6.45, 7) is 2.48. The van der Waals surface area contributed by atoms with Crippen LogP contribution in [-0.2, 0) is 11.2 Å². The highest BCUT2D eigenvalue weighted by Gasteiger charge is 2.26. The van der Waals surface area contributed by atoms with E-state index in [-0.39, 0.29) is 0 Å². The van der Waals surface area contributed by atoms with Crippen molar-refractivity contribution in [1.29, 1.82) is 0 Å². The third kappa shape index (κ3) is 3.66. The summed E-state index contributed by atoms with van der Waals surface area (Å²) >= 11 is 0. The average molecular weight is 340 g/mol. The Balaban J connectivity index is 1.55. The SMILES string of the molecule is CN1CCC[C@@H]1Cc1c[nH]c2ccc(C=CC3(O)CCOCC3)cc12. The van der Waals surface area contributed by atoms with Crippen LogP contribution in [0.4, 0.5) is 0 Å². The van der Waals surface area contributed by atoms with Crippen LogP contribution in [-0.4, -0.2) is 53.4 Å². The largest absolute Gasteiger partial charge is 0.386 e. The molecule has 4 rings (SSSR count). The van der Waals surface area contributed by atoms with E-state index in [1.165, 1.54) is 35.9 Å². The van der Waals surface area contributed by atoms with E-state index in [0.717, 1.165) is 12.0 Å². The lowest BCUT2D eigenvalue weighted by atomic mass is 9.93. The first-order chi connectivity index (χ1) is 12.1. The Morgan fingerprint density at radius 2 is 2.20 bits per heavy atom. The molecule has 2 aliphatic rings. The Labute approximate surface area is 149 Å². The number of fused-ring (bicyclic) bond motifs is 1. The minimum absolute atomic E-state index is 0.636. The Morgan fingerprint density at radius 1 is 1.36 bits per heavy atom. The second-order valence-corrected chi connectivity index (χ2v) is 7.65. The maximum atomic E-state index is 10.6. The van der Waals surface area contributed by atoms with Crippen molar-refractivity contribution in [1.82, 2.24) is 9.88 Å². The van der Waals surface area contributed by atoms with Crippen LogP contribution in [0.3, 0.4) is 0 Å². The number of nitrogens with one attached hydrogen (secondary N) is 1.